The van der Waals surface area contributed by atoms with Crippen LogP contribution in [-0.4, -0.2) is 31.0 Å². The Bertz CT molecular complexity index is 1170. The molecule has 0 spiro atoms. The molecule has 3 rings (SSSR count). The average molecular weight is 455 g/mol. The Morgan fingerprint density at radius 2 is 1.72 bits per heavy atom. The van der Waals surface area contributed by atoms with Crippen molar-refractivity contribution in [1.82, 2.24) is 5.32 Å². The molecule has 1 aromatic heterocycles. The minimum absolute atomic E-state index is 0.0831. The summed E-state index contributed by atoms with van der Waals surface area (Å²) in [7, 11) is 3.07. The number of nitro groups is 1. The number of carbonyl (C=O) groups is 2. The van der Waals surface area contributed by atoms with Crippen molar-refractivity contribution >= 4 is 33.8 Å². The fourth-order valence-electron chi connectivity index (χ4n) is 3.04. The van der Waals surface area contributed by atoms with E-state index < -0.39 is 10.8 Å². The molecule has 0 aliphatic carbocycles. The number of rotatable bonds is 8. The highest BCUT2D eigenvalue weighted by Gasteiger charge is 2.22. The Morgan fingerprint density at radius 1 is 1.00 bits per heavy atom. The molecule has 32 heavy (non-hydrogen) atoms. The average Bonchev–Trinajstić information content (AvgIpc) is 3.16. The van der Waals surface area contributed by atoms with Crippen LogP contribution >= 0.6 is 11.3 Å². The molecular formula is C22H21N3O6S. The maximum absolute atomic E-state index is 12.8. The molecule has 9 nitrogen and oxygen atoms in total. The first-order valence-electron chi connectivity index (χ1n) is 9.48. The normalized spacial score (nSPS) is 10.3. The molecule has 0 radical (unpaired) electrons. The van der Waals surface area contributed by atoms with Crippen LogP contribution in [0.5, 0.6) is 11.5 Å². The summed E-state index contributed by atoms with van der Waals surface area (Å²) >= 11 is 1.21. The Hall–Kier alpha value is -3.92. The van der Waals surface area contributed by atoms with Crippen molar-refractivity contribution in [1.29, 1.82) is 0 Å². The molecule has 0 saturated heterocycles. The van der Waals surface area contributed by atoms with Gasteiger partial charge in [-0.25, -0.2) is 0 Å². The van der Waals surface area contributed by atoms with Crippen LogP contribution < -0.4 is 20.1 Å². The molecule has 0 unspecified atom stereocenters. The predicted octanol–water partition coefficient (Wildman–Crippen LogP) is 4.16. The lowest BCUT2D eigenvalue weighted by Gasteiger charge is -2.11. The van der Waals surface area contributed by atoms with Gasteiger partial charge >= 0.3 is 0 Å². The van der Waals surface area contributed by atoms with Crippen LogP contribution in [0.4, 0.5) is 10.7 Å². The summed E-state index contributed by atoms with van der Waals surface area (Å²) in [5, 5.41) is 17.0. The standard InChI is InChI=1S/C22H21N3O6S/c1-13-10-16(20(26)23-12-14-8-9-18(30-2)19(11-14)31-3)22(32-13)24-21(27)15-6-4-5-7-17(15)25(28)29/h4-11H,12H2,1-3H3,(H,23,26)(H,24,27). The molecule has 0 saturated carbocycles. The third kappa shape index (κ3) is 5.03. The van der Waals surface area contributed by atoms with Crippen LogP contribution in [-0.2, 0) is 6.54 Å². The minimum Gasteiger partial charge on any atom is -0.493 e. The summed E-state index contributed by atoms with van der Waals surface area (Å²) in [6.07, 6.45) is 0. The van der Waals surface area contributed by atoms with E-state index in [1.54, 1.807) is 37.3 Å². The number of nitro benzene ring substituents is 1. The highest BCUT2D eigenvalue weighted by molar-refractivity contribution is 7.16. The van der Waals surface area contributed by atoms with Crippen molar-refractivity contribution in [3.05, 3.63) is 80.2 Å². The third-order valence-corrected chi connectivity index (χ3v) is 5.54. The minimum atomic E-state index is -0.659. The SMILES string of the molecule is COc1ccc(CNC(=O)c2cc(C)sc2NC(=O)c2ccccc2[N+](=O)[O-])cc1OC. The number of hydrogen-bond acceptors (Lipinski definition) is 7. The summed E-state index contributed by atoms with van der Waals surface area (Å²) in [5.41, 5.74) is 0.686. The number of aryl methyl sites for hydroxylation is 1. The lowest BCUT2D eigenvalue weighted by molar-refractivity contribution is -0.385. The van der Waals surface area contributed by atoms with Crippen LogP contribution in [0, 0.1) is 17.0 Å². The van der Waals surface area contributed by atoms with Gasteiger partial charge in [0.15, 0.2) is 11.5 Å². The molecule has 0 atom stereocenters. The molecule has 166 valence electrons. The second-order valence-electron chi connectivity index (χ2n) is 6.70. The zero-order valence-electron chi connectivity index (χ0n) is 17.6. The zero-order valence-corrected chi connectivity index (χ0v) is 18.4. The van der Waals surface area contributed by atoms with Gasteiger partial charge < -0.3 is 20.1 Å². The number of nitrogens with one attached hydrogen (secondary N) is 2. The van der Waals surface area contributed by atoms with Gasteiger partial charge in [0.1, 0.15) is 10.6 Å². The Balaban J connectivity index is 1.76. The highest BCUT2D eigenvalue weighted by Crippen LogP contribution is 2.30. The van der Waals surface area contributed by atoms with Gasteiger partial charge in [-0.05, 0) is 36.8 Å². The molecule has 3 aromatic rings. The van der Waals surface area contributed by atoms with Crippen molar-refractivity contribution in [3.8, 4) is 11.5 Å². The monoisotopic (exact) mass is 455 g/mol. The first-order valence-corrected chi connectivity index (χ1v) is 10.3. The van der Waals surface area contributed by atoms with Gasteiger partial charge in [-0.2, -0.15) is 0 Å². The largest absolute Gasteiger partial charge is 0.493 e. The van der Waals surface area contributed by atoms with Gasteiger partial charge in [-0.15, -0.1) is 11.3 Å². The molecule has 0 fully saturated rings. The number of benzene rings is 2. The van der Waals surface area contributed by atoms with Gasteiger partial charge in [-0.1, -0.05) is 18.2 Å². The molecule has 0 aliphatic rings. The molecule has 1 heterocycles. The van der Waals surface area contributed by atoms with Gasteiger partial charge in [0, 0.05) is 17.5 Å². The maximum Gasteiger partial charge on any atom is 0.282 e. The first-order chi connectivity index (χ1) is 15.3. The topological polar surface area (TPSA) is 120 Å². The number of thiophene rings is 1. The second kappa shape index (κ2) is 9.92. The highest BCUT2D eigenvalue weighted by atomic mass is 32.1. The molecule has 10 heteroatoms. The van der Waals surface area contributed by atoms with Crippen molar-refractivity contribution < 1.29 is 24.0 Å². The van der Waals surface area contributed by atoms with Gasteiger partial charge in [0.05, 0.1) is 24.7 Å². The number of nitrogens with zero attached hydrogens (tertiary/aromatic N) is 1. The summed E-state index contributed by atoms with van der Waals surface area (Å²) in [6, 6.07) is 12.6. The molecule has 0 aliphatic heterocycles. The number of para-hydroxylation sites is 1. The molecule has 2 amide bonds. The molecule has 2 aromatic carbocycles. The number of methoxy groups -OCH3 is 2. The Labute approximate surface area is 188 Å². The van der Waals surface area contributed by atoms with E-state index in [-0.39, 0.29) is 29.3 Å². The number of ether oxygens (including phenoxy) is 2. The van der Waals surface area contributed by atoms with Crippen LogP contribution in [0.15, 0.2) is 48.5 Å². The number of carbonyl (C=O) groups excluding carboxylic acids is 2. The van der Waals surface area contributed by atoms with Gasteiger partial charge in [-0.3, -0.25) is 19.7 Å². The Kier molecular flexibility index (Phi) is 7.06. The second-order valence-corrected chi connectivity index (χ2v) is 7.96. The fourth-order valence-corrected chi connectivity index (χ4v) is 3.94. The maximum atomic E-state index is 12.8. The summed E-state index contributed by atoms with van der Waals surface area (Å²) in [6.45, 7) is 2.03. The van der Waals surface area contributed by atoms with E-state index in [1.807, 2.05) is 0 Å². The van der Waals surface area contributed by atoms with Gasteiger partial charge in [0.25, 0.3) is 17.5 Å². The van der Waals surface area contributed by atoms with E-state index in [2.05, 4.69) is 10.6 Å². The number of hydrogen-bond donors (Lipinski definition) is 2. The van der Waals surface area contributed by atoms with E-state index in [0.717, 1.165) is 10.4 Å². The fraction of sp³-hybridized carbons (Fsp3) is 0.182. The van der Waals surface area contributed by atoms with Crippen molar-refractivity contribution in [2.75, 3.05) is 19.5 Å². The lowest BCUT2D eigenvalue weighted by Crippen LogP contribution is -2.24. The smallest absolute Gasteiger partial charge is 0.282 e. The van der Waals surface area contributed by atoms with Crippen LogP contribution in [0.1, 0.15) is 31.2 Å². The molecular weight excluding hydrogens is 434 g/mol. The van der Waals surface area contributed by atoms with Crippen LogP contribution in [0.2, 0.25) is 0 Å². The van der Waals surface area contributed by atoms with Crippen LogP contribution in [0.3, 0.4) is 0 Å². The van der Waals surface area contributed by atoms with Crippen molar-refractivity contribution in [3.63, 3.8) is 0 Å². The van der Waals surface area contributed by atoms with Gasteiger partial charge in [0.2, 0.25) is 0 Å². The van der Waals surface area contributed by atoms with Crippen LogP contribution in [0.25, 0.3) is 0 Å². The third-order valence-electron chi connectivity index (χ3n) is 4.57. The van der Waals surface area contributed by atoms with E-state index in [1.165, 1.54) is 43.8 Å². The summed E-state index contributed by atoms with van der Waals surface area (Å²) in [4.78, 5) is 36.9. The number of amides is 2. The van der Waals surface area contributed by atoms with E-state index in [0.29, 0.717) is 16.5 Å². The van der Waals surface area contributed by atoms with Crippen molar-refractivity contribution in [2.45, 2.75) is 13.5 Å². The molecule has 0 bridgehead atoms. The quantitative estimate of drug-likeness (QED) is 0.389. The van der Waals surface area contributed by atoms with E-state index in [9.17, 15) is 19.7 Å². The van der Waals surface area contributed by atoms with Crippen molar-refractivity contribution in [2.24, 2.45) is 0 Å². The number of anilines is 1. The molecule has 2 N–H and O–H groups in total. The Morgan fingerprint density at radius 3 is 2.41 bits per heavy atom. The zero-order chi connectivity index (χ0) is 23.3. The lowest BCUT2D eigenvalue weighted by atomic mass is 10.1. The van der Waals surface area contributed by atoms with E-state index >= 15 is 0 Å². The summed E-state index contributed by atoms with van der Waals surface area (Å²) in [5.74, 6) is 0.0779. The summed E-state index contributed by atoms with van der Waals surface area (Å²) < 4.78 is 10.5. The van der Waals surface area contributed by atoms with E-state index in [4.69, 9.17) is 9.47 Å². The first kappa shape index (κ1) is 22.8. The predicted molar refractivity (Wildman–Crippen MR) is 121 cm³/mol.